The summed E-state index contributed by atoms with van der Waals surface area (Å²) in [6.45, 7) is 3.37. The van der Waals surface area contributed by atoms with Gasteiger partial charge in [0.15, 0.2) is 0 Å². The zero-order valence-electron chi connectivity index (χ0n) is 27.7. The van der Waals surface area contributed by atoms with E-state index < -0.39 is 17.9 Å². The van der Waals surface area contributed by atoms with Crippen LogP contribution in [0, 0.1) is 12.8 Å². The quantitative estimate of drug-likeness (QED) is 0.227. The number of hydrogen-bond donors (Lipinski definition) is 1. The average Bonchev–Trinajstić information content (AvgIpc) is 3.06. The third-order valence-electron chi connectivity index (χ3n) is 8.50. The maximum absolute atomic E-state index is 13.4. The maximum Gasteiger partial charge on any atom is 1.00 e. The van der Waals surface area contributed by atoms with Gasteiger partial charge in [-0.2, -0.15) is 11.8 Å². The first-order valence-electron chi connectivity index (χ1n) is 15.9. The number of carbonyl (C=O) groups is 2. The monoisotopic (exact) mass is 639 g/mol. The fourth-order valence-corrected chi connectivity index (χ4v) is 6.39. The minimum absolute atomic E-state index is 0. The molecule has 3 aromatic carbocycles. The molecule has 1 aliphatic rings. The number of carboxylic acids is 1. The molecule has 1 amide bonds. The van der Waals surface area contributed by atoms with Crippen molar-refractivity contribution < 1.29 is 47.8 Å². The predicted molar refractivity (Wildman–Crippen MR) is 178 cm³/mol. The maximum atomic E-state index is 13.4. The second kappa shape index (κ2) is 19.8. The van der Waals surface area contributed by atoms with E-state index in [0.717, 1.165) is 40.0 Å². The van der Waals surface area contributed by atoms with Crippen LogP contribution in [-0.2, 0) is 27.5 Å². The fraction of sp³-hybridized carbons (Fsp3) is 0.459. The first kappa shape index (κ1) is 37.7. The van der Waals surface area contributed by atoms with Gasteiger partial charge in [0.1, 0.15) is 5.75 Å². The summed E-state index contributed by atoms with van der Waals surface area (Å²) in [5, 5.41) is 14.4. The van der Waals surface area contributed by atoms with Gasteiger partial charge in [0.05, 0.1) is 45.0 Å². The fourth-order valence-electron chi connectivity index (χ4n) is 5.92. The largest absolute Gasteiger partial charge is 1.00 e. The van der Waals surface area contributed by atoms with Gasteiger partial charge < -0.3 is 29.4 Å². The molecule has 0 aliphatic heterocycles. The molecule has 1 fully saturated rings. The molecule has 0 radical (unpaired) electrons. The number of benzene rings is 3. The van der Waals surface area contributed by atoms with E-state index in [1.807, 2.05) is 73.8 Å². The van der Waals surface area contributed by atoms with Gasteiger partial charge >= 0.3 is 18.9 Å². The van der Waals surface area contributed by atoms with Crippen molar-refractivity contribution in [2.75, 3.05) is 25.7 Å². The molecule has 1 saturated carbocycles. The van der Waals surface area contributed by atoms with E-state index in [0.29, 0.717) is 43.5 Å². The third-order valence-corrected chi connectivity index (χ3v) is 9.15. The van der Waals surface area contributed by atoms with E-state index in [4.69, 9.17) is 14.2 Å². The first-order valence-corrected chi connectivity index (χ1v) is 17.3. The van der Waals surface area contributed by atoms with Gasteiger partial charge in [-0.05, 0) is 89.8 Å². The van der Waals surface area contributed by atoms with E-state index in [2.05, 4.69) is 5.32 Å². The van der Waals surface area contributed by atoms with E-state index in [1.54, 1.807) is 13.2 Å². The molecule has 0 bridgehead atoms. The number of hydrogen-bond acceptors (Lipinski definition) is 7. The standard InChI is InChI=1S/C37H47NO6S.Li/c1-26-9-7-8-12-32(26)34-22-29(15-18-33(34)36(39)38-35(37(40)41)19-20-45-3)24-44-31(21-27-10-5-4-6-11-27)25-43-23-28-13-16-30(42-2)17-14-28;/h7-9,12-18,22,27,31,35H,4-6,10-11,19-21,23-25H2,1-3H3,(H,38,39)(H,40,41);/q;+1/p-1/t31-,35-;/m0./s1. The van der Waals surface area contributed by atoms with Gasteiger partial charge in [0.2, 0.25) is 0 Å². The van der Waals surface area contributed by atoms with Crippen molar-refractivity contribution in [3.8, 4) is 16.9 Å². The summed E-state index contributed by atoms with van der Waals surface area (Å²) in [7, 11) is 1.66. The van der Waals surface area contributed by atoms with E-state index in [1.165, 1.54) is 43.9 Å². The van der Waals surface area contributed by atoms with Crippen LogP contribution in [0.5, 0.6) is 5.75 Å². The SMILES string of the molecule is COc1ccc(COC[C@H](CC2CCCCC2)OCc2ccc(C(=O)N[C@@H](CCSC)C(=O)[O-])c(-c3ccccc3C)c2)cc1.[Li+]. The summed E-state index contributed by atoms with van der Waals surface area (Å²) < 4.78 is 18.0. The number of aryl methyl sites for hydroxylation is 1. The number of methoxy groups -OCH3 is 1. The van der Waals surface area contributed by atoms with Gasteiger partial charge in [-0.1, -0.05) is 74.6 Å². The normalized spacial score (nSPS) is 14.6. The molecular weight excluding hydrogens is 593 g/mol. The minimum atomic E-state index is -1.28. The van der Waals surface area contributed by atoms with Crippen molar-refractivity contribution in [2.45, 2.75) is 77.2 Å². The Bertz CT molecular complexity index is 1380. The predicted octanol–water partition coefficient (Wildman–Crippen LogP) is 3.35. The Hall–Kier alpha value is -2.73. The van der Waals surface area contributed by atoms with Crippen LogP contribution in [0.4, 0.5) is 0 Å². The molecule has 7 nitrogen and oxygen atoms in total. The van der Waals surface area contributed by atoms with Crippen LogP contribution in [0.1, 0.15) is 72.0 Å². The molecule has 1 aliphatic carbocycles. The molecule has 0 saturated heterocycles. The molecule has 242 valence electrons. The Morgan fingerprint density at radius 2 is 1.67 bits per heavy atom. The van der Waals surface area contributed by atoms with Crippen molar-refractivity contribution in [3.05, 3.63) is 89.0 Å². The number of ether oxygens (including phenoxy) is 3. The summed E-state index contributed by atoms with van der Waals surface area (Å²) in [5.74, 6) is 0.340. The Morgan fingerprint density at radius 3 is 2.35 bits per heavy atom. The second-order valence-corrected chi connectivity index (χ2v) is 12.8. The smallest absolute Gasteiger partial charge is 0.548 e. The van der Waals surface area contributed by atoms with Gasteiger partial charge in [-0.25, -0.2) is 0 Å². The zero-order chi connectivity index (χ0) is 32.0. The van der Waals surface area contributed by atoms with Crippen molar-refractivity contribution in [2.24, 2.45) is 5.92 Å². The Morgan fingerprint density at radius 1 is 0.957 bits per heavy atom. The average molecular weight is 640 g/mol. The van der Waals surface area contributed by atoms with Crippen LogP contribution in [-0.4, -0.2) is 49.7 Å². The van der Waals surface area contributed by atoms with Crippen LogP contribution < -0.4 is 34.0 Å². The van der Waals surface area contributed by atoms with Crippen LogP contribution in [0.25, 0.3) is 11.1 Å². The number of aliphatic carboxylic acids is 1. The summed E-state index contributed by atoms with van der Waals surface area (Å²) in [6.07, 6.45) is 9.38. The Labute approximate surface area is 290 Å². The van der Waals surface area contributed by atoms with E-state index in [9.17, 15) is 14.7 Å². The van der Waals surface area contributed by atoms with Gasteiger partial charge in [0.25, 0.3) is 5.91 Å². The molecule has 46 heavy (non-hydrogen) atoms. The molecule has 0 heterocycles. The number of nitrogens with one attached hydrogen (secondary N) is 1. The first-order chi connectivity index (χ1) is 21.9. The number of amides is 1. The molecule has 4 rings (SSSR count). The van der Waals surface area contributed by atoms with Gasteiger partial charge in [-0.3, -0.25) is 4.79 Å². The molecule has 2 atom stereocenters. The number of carbonyl (C=O) groups excluding carboxylic acids is 2. The van der Waals surface area contributed by atoms with Crippen molar-refractivity contribution >= 4 is 23.6 Å². The molecule has 3 aromatic rings. The molecule has 0 spiro atoms. The van der Waals surface area contributed by atoms with Crippen molar-refractivity contribution in [1.82, 2.24) is 5.32 Å². The Balaban J connectivity index is 0.00000576. The van der Waals surface area contributed by atoms with E-state index in [-0.39, 0.29) is 25.0 Å². The van der Waals surface area contributed by atoms with Crippen LogP contribution in [0.3, 0.4) is 0 Å². The summed E-state index contributed by atoms with van der Waals surface area (Å²) in [5.41, 5.74) is 5.12. The number of rotatable bonds is 17. The second-order valence-electron chi connectivity index (χ2n) is 11.9. The molecule has 0 unspecified atom stereocenters. The van der Waals surface area contributed by atoms with Gasteiger partial charge in [0, 0.05) is 5.56 Å². The van der Waals surface area contributed by atoms with Crippen molar-refractivity contribution in [3.63, 3.8) is 0 Å². The molecule has 9 heteroatoms. The minimum Gasteiger partial charge on any atom is -0.548 e. The van der Waals surface area contributed by atoms with E-state index >= 15 is 0 Å². The van der Waals surface area contributed by atoms with Crippen LogP contribution in [0.15, 0.2) is 66.7 Å². The molecule has 0 aromatic heterocycles. The zero-order valence-corrected chi connectivity index (χ0v) is 28.5. The topological polar surface area (TPSA) is 96.9 Å². The molecule has 1 N–H and O–H groups in total. The van der Waals surface area contributed by atoms with Gasteiger partial charge in [-0.15, -0.1) is 0 Å². The number of carboxylic acid groups (broad SMARTS) is 1. The van der Waals surface area contributed by atoms with Crippen LogP contribution >= 0.6 is 11.8 Å². The van der Waals surface area contributed by atoms with Crippen molar-refractivity contribution in [1.29, 1.82) is 0 Å². The third kappa shape index (κ3) is 11.5. The summed E-state index contributed by atoms with van der Waals surface area (Å²) in [6, 6.07) is 20.4. The summed E-state index contributed by atoms with van der Waals surface area (Å²) in [4.78, 5) is 25.2. The number of thioether (sulfide) groups is 1. The molecular formula is C37H46LiNO6S. The Kier molecular flexibility index (Phi) is 16.3. The van der Waals surface area contributed by atoms with Crippen LogP contribution in [0.2, 0.25) is 0 Å². The summed E-state index contributed by atoms with van der Waals surface area (Å²) >= 11 is 1.53.